The molecule has 1 N–H and O–H groups in total. The minimum Gasteiger partial charge on any atom is -0.483 e. The number of benzene rings is 2. The molecule has 1 amide bonds. The van der Waals surface area contributed by atoms with Crippen LogP contribution in [0.2, 0.25) is 5.02 Å². The maximum absolute atomic E-state index is 12.4. The van der Waals surface area contributed by atoms with Gasteiger partial charge in [0.15, 0.2) is 6.61 Å². The van der Waals surface area contributed by atoms with E-state index in [1.165, 1.54) is 22.9 Å². The first-order valence-corrected chi connectivity index (χ1v) is 9.00. The van der Waals surface area contributed by atoms with E-state index in [-0.39, 0.29) is 12.5 Å². The number of carbonyl (C=O) groups excluding carboxylic acids is 1. The van der Waals surface area contributed by atoms with Crippen LogP contribution >= 0.6 is 11.6 Å². The molecule has 1 heterocycles. The van der Waals surface area contributed by atoms with E-state index in [9.17, 15) is 4.79 Å². The van der Waals surface area contributed by atoms with Gasteiger partial charge < -0.3 is 10.1 Å². The van der Waals surface area contributed by atoms with Crippen molar-refractivity contribution in [3.63, 3.8) is 0 Å². The highest BCUT2D eigenvalue weighted by Gasteiger charge is 2.14. The summed E-state index contributed by atoms with van der Waals surface area (Å²) in [5, 5.41) is 7.37. The Balaban J connectivity index is 1.73. The number of aryl methyl sites for hydroxylation is 1. The maximum atomic E-state index is 12.4. The lowest BCUT2D eigenvalue weighted by Crippen LogP contribution is -2.21. The molecule has 0 spiro atoms. The molecule has 0 saturated carbocycles. The Labute approximate surface area is 163 Å². The van der Waals surface area contributed by atoms with Crippen LogP contribution in [-0.4, -0.2) is 27.3 Å². The number of nitrogens with zero attached hydrogens (tertiary/aromatic N) is 3. The summed E-state index contributed by atoms with van der Waals surface area (Å²) in [5.41, 5.74) is 3.25. The molecule has 3 rings (SSSR count). The largest absolute Gasteiger partial charge is 0.483 e. The predicted octanol–water partition coefficient (Wildman–Crippen LogP) is 4.37. The third kappa shape index (κ3) is 4.46. The second-order valence-electron chi connectivity index (χ2n) is 6.49. The van der Waals surface area contributed by atoms with Gasteiger partial charge in [0.2, 0.25) is 0 Å². The van der Waals surface area contributed by atoms with Crippen LogP contribution in [0.4, 0.5) is 5.69 Å². The van der Waals surface area contributed by atoms with Gasteiger partial charge in [0.05, 0.1) is 10.7 Å². The number of rotatable bonds is 6. The molecule has 140 valence electrons. The van der Waals surface area contributed by atoms with E-state index in [0.717, 1.165) is 5.56 Å². The molecule has 2 aromatic carbocycles. The summed E-state index contributed by atoms with van der Waals surface area (Å²) in [4.78, 5) is 16.3. The number of nitrogens with one attached hydrogen (secondary N) is 1. The van der Waals surface area contributed by atoms with Gasteiger partial charge in [0.25, 0.3) is 5.91 Å². The monoisotopic (exact) mass is 384 g/mol. The van der Waals surface area contributed by atoms with Crippen molar-refractivity contribution in [3.05, 3.63) is 65.2 Å². The molecule has 0 aliphatic rings. The van der Waals surface area contributed by atoms with Crippen molar-refractivity contribution in [1.29, 1.82) is 0 Å². The van der Waals surface area contributed by atoms with E-state index in [2.05, 4.69) is 35.3 Å². The molecule has 0 aliphatic heterocycles. The average Bonchev–Trinajstić information content (AvgIpc) is 3.15. The highest BCUT2D eigenvalue weighted by atomic mass is 35.5. The predicted molar refractivity (Wildman–Crippen MR) is 106 cm³/mol. The third-order valence-electron chi connectivity index (χ3n) is 4.15. The number of hydrogen-bond acceptors (Lipinski definition) is 4. The molecule has 0 fully saturated rings. The average molecular weight is 385 g/mol. The van der Waals surface area contributed by atoms with E-state index in [4.69, 9.17) is 16.3 Å². The second-order valence-corrected chi connectivity index (χ2v) is 6.90. The van der Waals surface area contributed by atoms with E-state index < -0.39 is 0 Å². The van der Waals surface area contributed by atoms with Crippen LogP contribution < -0.4 is 10.1 Å². The Bertz CT molecular complexity index is 939. The van der Waals surface area contributed by atoms with Gasteiger partial charge in [-0.3, -0.25) is 4.79 Å². The summed E-state index contributed by atoms with van der Waals surface area (Å²) in [6.45, 7) is 6.08. The van der Waals surface area contributed by atoms with Gasteiger partial charge >= 0.3 is 0 Å². The van der Waals surface area contributed by atoms with E-state index in [1.54, 1.807) is 18.2 Å². The van der Waals surface area contributed by atoms with Gasteiger partial charge in [0.1, 0.15) is 24.1 Å². The number of carbonyl (C=O) groups is 1. The lowest BCUT2D eigenvalue weighted by atomic mass is 10.0. The van der Waals surface area contributed by atoms with Gasteiger partial charge in [-0.05, 0) is 42.2 Å². The Morgan fingerprint density at radius 2 is 2.11 bits per heavy atom. The van der Waals surface area contributed by atoms with Gasteiger partial charge in [-0.1, -0.05) is 43.6 Å². The minimum atomic E-state index is -0.284. The first-order chi connectivity index (χ1) is 13.0. The van der Waals surface area contributed by atoms with E-state index in [0.29, 0.717) is 28.1 Å². The minimum absolute atomic E-state index is 0.105. The van der Waals surface area contributed by atoms with Gasteiger partial charge in [-0.15, -0.1) is 0 Å². The molecule has 1 aromatic heterocycles. The molecule has 3 aromatic rings. The summed E-state index contributed by atoms with van der Waals surface area (Å²) in [6, 6.07) is 11.3. The number of hydrogen-bond donors (Lipinski definition) is 1. The zero-order valence-corrected chi connectivity index (χ0v) is 16.2. The van der Waals surface area contributed by atoms with E-state index >= 15 is 0 Å². The molecule has 6 nitrogen and oxygen atoms in total. The van der Waals surface area contributed by atoms with Crippen molar-refractivity contribution < 1.29 is 9.53 Å². The highest BCUT2D eigenvalue weighted by molar-refractivity contribution is 6.33. The van der Waals surface area contributed by atoms with Crippen LogP contribution in [-0.2, 0) is 4.79 Å². The van der Waals surface area contributed by atoms with Crippen molar-refractivity contribution >= 4 is 23.2 Å². The molecule has 7 heteroatoms. The van der Waals surface area contributed by atoms with Crippen molar-refractivity contribution in [2.45, 2.75) is 26.7 Å². The van der Waals surface area contributed by atoms with Gasteiger partial charge in [-0.25, -0.2) is 9.67 Å². The number of anilines is 1. The second kappa shape index (κ2) is 8.22. The lowest BCUT2D eigenvalue weighted by Gasteiger charge is -2.14. The van der Waals surface area contributed by atoms with Crippen molar-refractivity contribution in [3.8, 4) is 11.4 Å². The Morgan fingerprint density at radius 3 is 2.81 bits per heavy atom. The topological polar surface area (TPSA) is 69.0 Å². The fraction of sp³-hybridized carbons (Fsp3) is 0.250. The third-order valence-corrected chi connectivity index (χ3v) is 4.45. The number of amides is 1. The van der Waals surface area contributed by atoms with Crippen LogP contribution in [0.5, 0.6) is 5.75 Å². The van der Waals surface area contributed by atoms with Gasteiger partial charge in [-0.2, -0.15) is 5.10 Å². The number of para-hydroxylation sites is 1. The standard InChI is InChI=1S/C20H21ClN4O2/c1-13(2)15-8-7-14(3)18(9-15)27-10-19(26)24-17-6-4-5-16(21)20(17)25-12-22-11-23-25/h4-9,11-13H,10H2,1-3H3,(H,24,26). The number of aromatic nitrogens is 3. The van der Waals surface area contributed by atoms with Crippen LogP contribution in [0, 0.1) is 6.92 Å². The summed E-state index contributed by atoms with van der Waals surface area (Å²) in [5.74, 6) is 0.811. The summed E-state index contributed by atoms with van der Waals surface area (Å²) in [7, 11) is 0. The SMILES string of the molecule is Cc1ccc(C(C)C)cc1OCC(=O)Nc1cccc(Cl)c1-n1cncn1. The molecule has 0 aliphatic carbocycles. The Kier molecular flexibility index (Phi) is 5.76. The summed E-state index contributed by atoms with van der Waals surface area (Å²) in [6.07, 6.45) is 2.93. The van der Waals surface area contributed by atoms with Crippen LogP contribution in [0.1, 0.15) is 30.9 Å². The molecule has 0 unspecified atom stereocenters. The quantitative estimate of drug-likeness (QED) is 0.685. The molecular formula is C20H21ClN4O2. The fourth-order valence-electron chi connectivity index (χ4n) is 2.63. The molecule has 0 atom stereocenters. The van der Waals surface area contributed by atoms with Crippen LogP contribution in [0.3, 0.4) is 0 Å². The summed E-state index contributed by atoms with van der Waals surface area (Å²) >= 11 is 6.27. The summed E-state index contributed by atoms with van der Waals surface area (Å²) < 4.78 is 7.25. The maximum Gasteiger partial charge on any atom is 0.262 e. The van der Waals surface area contributed by atoms with Gasteiger partial charge in [0, 0.05) is 0 Å². The number of ether oxygens (including phenoxy) is 1. The van der Waals surface area contributed by atoms with E-state index in [1.807, 2.05) is 19.1 Å². The van der Waals surface area contributed by atoms with Crippen molar-refractivity contribution in [1.82, 2.24) is 14.8 Å². The molecule has 27 heavy (non-hydrogen) atoms. The van der Waals surface area contributed by atoms with Crippen LogP contribution in [0.25, 0.3) is 5.69 Å². The molecule has 0 saturated heterocycles. The lowest BCUT2D eigenvalue weighted by molar-refractivity contribution is -0.118. The van der Waals surface area contributed by atoms with Crippen molar-refractivity contribution in [2.75, 3.05) is 11.9 Å². The normalized spacial score (nSPS) is 10.9. The zero-order chi connectivity index (χ0) is 19.4. The van der Waals surface area contributed by atoms with Crippen molar-refractivity contribution in [2.24, 2.45) is 0 Å². The first kappa shape index (κ1) is 18.9. The Hall–Kier alpha value is -2.86. The Morgan fingerprint density at radius 1 is 1.30 bits per heavy atom. The smallest absolute Gasteiger partial charge is 0.262 e. The molecule has 0 radical (unpaired) electrons. The molecular weight excluding hydrogens is 364 g/mol. The number of halogens is 1. The highest BCUT2D eigenvalue weighted by Crippen LogP contribution is 2.28. The zero-order valence-electron chi connectivity index (χ0n) is 15.4. The fourth-order valence-corrected chi connectivity index (χ4v) is 2.89. The van der Waals surface area contributed by atoms with Crippen LogP contribution in [0.15, 0.2) is 49.1 Å². The molecule has 0 bridgehead atoms. The first-order valence-electron chi connectivity index (χ1n) is 8.62.